The number of sulfonamides is 1. The van der Waals surface area contributed by atoms with Gasteiger partial charge in [-0.05, 0) is 31.5 Å². The number of carbonyl (C=O) groups excluding carboxylic acids is 1. The van der Waals surface area contributed by atoms with Gasteiger partial charge in [-0.25, -0.2) is 21.6 Å². The number of hydrogen-bond donors (Lipinski definition) is 2. The van der Waals surface area contributed by atoms with Gasteiger partial charge in [0.15, 0.2) is 17.5 Å². The van der Waals surface area contributed by atoms with E-state index < -0.39 is 61.1 Å². The maximum absolute atomic E-state index is 14.8. The van der Waals surface area contributed by atoms with Crippen LogP contribution in [0.25, 0.3) is 0 Å². The second kappa shape index (κ2) is 8.44. The number of anilines is 1. The Hall–Kier alpha value is -2.31. The van der Waals surface area contributed by atoms with Crippen LogP contribution in [0.1, 0.15) is 22.8 Å². The predicted molar refractivity (Wildman–Crippen MR) is 96.3 cm³/mol. The fourth-order valence-corrected chi connectivity index (χ4v) is 3.84. The number of amides is 1. The van der Waals surface area contributed by atoms with E-state index in [-0.39, 0.29) is 11.3 Å². The Morgan fingerprint density at radius 1 is 1.10 bits per heavy atom. The predicted octanol–water partition coefficient (Wildman–Crippen LogP) is 4.55. The molecule has 0 saturated heterocycles. The molecule has 2 rings (SSSR count). The summed E-state index contributed by atoms with van der Waals surface area (Å²) in [6.07, 6.45) is -4.93. The summed E-state index contributed by atoms with van der Waals surface area (Å²) in [4.78, 5) is 11.2. The third-order valence-corrected chi connectivity index (χ3v) is 5.73. The van der Waals surface area contributed by atoms with E-state index in [9.17, 15) is 39.6 Å². The molecule has 0 bridgehead atoms. The fraction of sp³-hybridized carbons (Fsp3) is 0.235. The molecule has 0 unspecified atom stereocenters. The van der Waals surface area contributed by atoms with Crippen molar-refractivity contribution in [2.24, 2.45) is 0 Å². The van der Waals surface area contributed by atoms with Crippen molar-refractivity contribution in [3.63, 3.8) is 0 Å². The lowest BCUT2D eigenvalue weighted by Crippen LogP contribution is -2.43. The van der Waals surface area contributed by atoms with Crippen LogP contribution in [0.3, 0.4) is 0 Å². The van der Waals surface area contributed by atoms with Gasteiger partial charge in [-0.2, -0.15) is 17.9 Å². The summed E-state index contributed by atoms with van der Waals surface area (Å²) in [5.41, 5.74) is -1.25. The molecule has 0 aliphatic heterocycles. The van der Waals surface area contributed by atoms with Crippen LogP contribution in [0.5, 0.6) is 0 Å². The van der Waals surface area contributed by atoms with Gasteiger partial charge >= 0.3 is 6.18 Å². The summed E-state index contributed by atoms with van der Waals surface area (Å²) in [6, 6.07) is 0.562. The summed E-state index contributed by atoms with van der Waals surface area (Å²) in [5.74, 6) is -5.66. The van der Waals surface area contributed by atoms with Crippen molar-refractivity contribution in [1.82, 2.24) is 4.72 Å². The van der Waals surface area contributed by atoms with Crippen molar-refractivity contribution in [2.45, 2.75) is 31.0 Å². The summed E-state index contributed by atoms with van der Waals surface area (Å²) in [7, 11) is -4.99. The third-order valence-electron chi connectivity index (χ3n) is 3.90. The first-order valence-corrected chi connectivity index (χ1v) is 9.85. The highest BCUT2D eigenvalue weighted by molar-refractivity contribution is 7.89. The van der Waals surface area contributed by atoms with E-state index in [1.165, 1.54) is 11.6 Å². The maximum Gasteiger partial charge on any atom is 0.404 e. The highest BCUT2D eigenvalue weighted by Crippen LogP contribution is 2.27. The Morgan fingerprint density at radius 2 is 1.70 bits per heavy atom. The molecule has 5 nitrogen and oxygen atoms in total. The molecule has 0 aliphatic carbocycles. The summed E-state index contributed by atoms with van der Waals surface area (Å²) in [5, 5.41) is 1.35. The summed E-state index contributed by atoms with van der Waals surface area (Å²) >= 11 is 5.46. The molecule has 0 aromatic heterocycles. The minimum atomic E-state index is -4.99. The first-order valence-electron chi connectivity index (χ1n) is 7.99. The summed E-state index contributed by atoms with van der Waals surface area (Å²) in [6.45, 7) is 1.75. The normalized spacial score (nSPS) is 13.2. The van der Waals surface area contributed by atoms with Crippen LogP contribution in [-0.4, -0.2) is 26.5 Å². The lowest BCUT2D eigenvalue weighted by molar-refractivity contribution is -0.147. The Bertz CT molecular complexity index is 1080. The Labute approximate surface area is 172 Å². The van der Waals surface area contributed by atoms with Gasteiger partial charge in [0, 0.05) is 11.8 Å². The quantitative estimate of drug-likeness (QED) is 0.493. The number of aryl methyl sites for hydroxylation is 1. The van der Waals surface area contributed by atoms with E-state index in [2.05, 4.69) is 0 Å². The third kappa shape index (κ3) is 5.05. The zero-order valence-corrected chi connectivity index (χ0v) is 16.7. The smallest absolute Gasteiger partial charge is 0.322 e. The minimum absolute atomic E-state index is 0.0681. The Morgan fingerprint density at radius 3 is 2.23 bits per heavy atom. The lowest BCUT2D eigenvalue weighted by Gasteiger charge is -2.18. The SMILES string of the molecule is Cc1ccc(S(=O)(=O)N[C@H](C)C(F)(F)F)c(F)c1C(=O)Nc1cc(F)c(F)c(Cl)c1. The standard InChI is InChI=1S/C17H13ClF6N2O3S/c1-7-3-4-12(30(28,29)26-8(2)17(22,23)24)15(21)13(7)16(27)25-9-5-10(18)14(20)11(19)6-9/h3-6,8,26H,1-2H3,(H,25,27)/t8-/m1/s1. The molecule has 0 heterocycles. The Kier molecular flexibility index (Phi) is 6.74. The highest BCUT2D eigenvalue weighted by Gasteiger charge is 2.39. The number of carbonyl (C=O) groups is 1. The lowest BCUT2D eigenvalue weighted by atomic mass is 10.1. The van der Waals surface area contributed by atoms with E-state index >= 15 is 0 Å². The average molecular weight is 475 g/mol. The molecular formula is C17H13ClF6N2O3S. The van der Waals surface area contributed by atoms with Gasteiger partial charge in [0.05, 0.1) is 10.6 Å². The molecule has 0 spiro atoms. The first kappa shape index (κ1) is 24.0. The van der Waals surface area contributed by atoms with Crippen molar-refractivity contribution in [1.29, 1.82) is 0 Å². The number of nitrogens with one attached hydrogen (secondary N) is 2. The largest absolute Gasteiger partial charge is 0.404 e. The van der Waals surface area contributed by atoms with E-state index in [0.29, 0.717) is 19.1 Å². The number of rotatable bonds is 5. The fourth-order valence-electron chi connectivity index (χ4n) is 2.32. The molecule has 1 atom stereocenters. The molecule has 0 radical (unpaired) electrons. The van der Waals surface area contributed by atoms with Crippen molar-refractivity contribution < 1.29 is 39.6 Å². The average Bonchev–Trinajstić information content (AvgIpc) is 2.58. The van der Waals surface area contributed by atoms with E-state index in [1.54, 1.807) is 0 Å². The molecule has 0 aliphatic rings. The second-order valence-electron chi connectivity index (χ2n) is 6.16. The van der Waals surface area contributed by atoms with Crippen LogP contribution in [-0.2, 0) is 10.0 Å². The van der Waals surface area contributed by atoms with Gasteiger partial charge in [0.25, 0.3) is 5.91 Å². The number of benzene rings is 2. The van der Waals surface area contributed by atoms with Crippen molar-refractivity contribution in [2.75, 3.05) is 5.32 Å². The molecule has 0 fully saturated rings. The van der Waals surface area contributed by atoms with Gasteiger partial charge in [-0.15, -0.1) is 0 Å². The molecule has 2 aromatic rings. The van der Waals surface area contributed by atoms with Crippen molar-refractivity contribution >= 4 is 33.2 Å². The zero-order valence-electron chi connectivity index (χ0n) is 15.2. The molecule has 2 N–H and O–H groups in total. The van der Waals surface area contributed by atoms with Crippen LogP contribution in [0, 0.1) is 24.4 Å². The van der Waals surface area contributed by atoms with E-state index in [0.717, 1.165) is 12.1 Å². The number of hydrogen-bond acceptors (Lipinski definition) is 3. The number of halogens is 7. The highest BCUT2D eigenvalue weighted by atomic mass is 35.5. The van der Waals surface area contributed by atoms with Crippen molar-refractivity contribution in [3.05, 3.63) is 57.9 Å². The van der Waals surface area contributed by atoms with Gasteiger partial charge in [-0.1, -0.05) is 17.7 Å². The molecule has 13 heteroatoms. The van der Waals surface area contributed by atoms with Gasteiger partial charge in [0.2, 0.25) is 10.0 Å². The van der Waals surface area contributed by atoms with Crippen LogP contribution < -0.4 is 10.0 Å². The van der Waals surface area contributed by atoms with Gasteiger partial charge < -0.3 is 5.32 Å². The van der Waals surface area contributed by atoms with E-state index in [4.69, 9.17) is 11.6 Å². The molecule has 164 valence electrons. The first-order chi connectivity index (χ1) is 13.6. The number of alkyl halides is 3. The van der Waals surface area contributed by atoms with Crippen LogP contribution in [0.2, 0.25) is 5.02 Å². The van der Waals surface area contributed by atoms with Gasteiger partial charge in [0.1, 0.15) is 10.9 Å². The second-order valence-corrected chi connectivity index (χ2v) is 8.25. The summed E-state index contributed by atoms with van der Waals surface area (Å²) < 4.78 is 105. The zero-order chi connectivity index (χ0) is 23.0. The molecule has 2 aromatic carbocycles. The van der Waals surface area contributed by atoms with Crippen LogP contribution >= 0.6 is 11.6 Å². The van der Waals surface area contributed by atoms with Crippen LogP contribution in [0.15, 0.2) is 29.2 Å². The monoisotopic (exact) mass is 474 g/mol. The maximum atomic E-state index is 14.8. The Balaban J connectivity index is 2.44. The van der Waals surface area contributed by atoms with E-state index in [1.807, 2.05) is 5.32 Å². The van der Waals surface area contributed by atoms with Crippen LogP contribution in [0.4, 0.5) is 32.0 Å². The van der Waals surface area contributed by atoms with Crippen molar-refractivity contribution in [3.8, 4) is 0 Å². The molecule has 0 saturated carbocycles. The minimum Gasteiger partial charge on any atom is -0.322 e. The topological polar surface area (TPSA) is 75.3 Å². The van der Waals surface area contributed by atoms with Gasteiger partial charge in [-0.3, -0.25) is 4.79 Å². The molecule has 30 heavy (non-hydrogen) atoms. The molecular weight excluding hydrogens is 462 g/mol. The molecule has 1 amide bonds.